The predicted molar refractivity (Wildman–Crippen MR) is 98.0 cm³/mol. The maximum absolute atomic E-state index is 11.5. The Kier molecular flexibility index (Phi) is 4.88. The van der Waals surface area contributed by atoms with Crippen LogP contribution in [0.1, 0.15) is 34.7 Å². The van der Waals surface area contributed by atoms with E-state index in [9.17, 15) is 14.7 Å². The Morgan fingerprint density at radius 1 is 1.15 bits per heavy atom. The highest BCUT2D eigenvalue weighted by molar-refractivity contribution is 5.92. The number of aromatic nitrogens is 2. The number of piperidine rings is 1. The van der Waals surface area contributed by atoms with Crippen molar-refractivity contribution in [1.82, 2.24) is 9.97 Å². The molecule has 1 fully saturated rings. The minimum absolute atomic E-state index is 0.176. The van der Waals surface area contributed by atoms with E-state index in [1.165, 1.54) is 0 Å². The highest BCUT2D eigenvalue weighted by atomic mass is 16.4. The molecule has 1 saturated heterocycles. The number of aryl methyl sites for hydroxylation is 2. The van der Waals surface area contributed by atoms with E-state index in [2.05, 4.69) is 14.9 Å². The molecule has 3 N–H and O–H groups in total. The highest BCUT2D eigenvalue weighted by Crippen LogP contribution is 2.27. The van der Waals surface area contributed by atoms with Crippen LogP contribution in [-0.2, 0) is 4.79 Å². The summed E-state index contributed by atoms with van der Waals surface area (Å²) in [5, 5.41) is 9.24. The van der Waals surface area contributed by atoms with Crippen LogP contribution >= 0.6 is 0 Å². The van der Waals surface area contributed by atoms with Gasteiger partial charge in [-0.25, -0.2) is 4.98 Å². The number of carboxylic acid groups (broad SMARTS) is 1. The zero-order chi connectivity index (χ0) is 18.8. The van der Waals surface area contributed by atoms with Crippen LogP contribution in [0.4, 0.5) is 5.69 Å². The first-order chi connectivity index (χ1) is 12.4. The molecule has 26 heavy (non-hydrogen) atoms. The Morgan fingerprint density at radius 2 is 1.85 bits per heavy atom. The summed E-state index contributed by atoms with van der Waals surface area (Å²) < 4.78 is 0. The lowest BCUT2D eigenvalue weighted by atomic mass is 9.97. The van der Waals surface area contributed by atoms with Gasteiger partial charge >= 0.3 is 5.97 Å². The number of benzene rings is 1. The standard InChI is InChI=1S/C19H22N4O3/c1-11-16(22-17(18(20)24)12(2)21-11)13-5-7-15(8-6-13)23-9-3-4-14(10-23)19(25)26/h5-8,14H,3-4,9-10H2,1-2H3,(H2,20,24)(H,25,26)/t14-/m0/s1. The minimum atomic E-state index is -0.740. The Morgan fingerprint density at radius 3 is 2.46 bits per heavy atom. The average Bonchev–Trinajstić information content (AvgIpc) is 2.62. The van der Waals surface area contributed by atoms with Crippen molar-refractivity contribution < 1.29 is 14.7 Å². The van der Waals surface area contributed by atoms with Crippen LogP contribution in [0.3, 0.4) is 0 Å². The molecule has 0 unspecified atom stereocenters. The molecule has 7 nitrogen and oxygen atoms in total. The lowest BCUT2D eigenvalue weighted by Gasteiger charge is -2.32. The van der Waals surface area contributed by atoms with Crippen molar-refractivity contribution in [3.63, 3.8) is 0 Å². The van der Waals surface area contributed by atoms with E-state index < -0.39 is 11.9 Å². The summed E-state index contributed by atoms with van der Waals surface area (Å²) in [6.07, 6.45) is 1.58. The second-order valence-corrected chi connectivity index (χ2v) is 6.63. The third-order valence-corrected chi connectivity index (χ3v) is 4.75. The fraction of sp³-hybridized carbons (Fsp3) is 0.368. The van der Waals surface area contributed by atoms with Crippen LogP contribution in [0.25, 0.3) is 11.3 Å². The smallest absolute Gasteiger partial charge is 0.308 e. The molecular formula is C19H22N4O3. The van der Waals surface area contributed by atoms with Gasteiger partial charge in [-0.15, -0.1) is 0 Å². The number of aliphatic carboxylic acids is 1. The third-order valence-electron chi connectivity index (χ3n) is 4.75. The molecule has 0 spiro atoms. The summed E-state index contributed by atoms with van der Waals surface area (Å²) in [6.45, 7) is 4.92. The molecule has 0 radical (unpaired) electrons. The van der Waals surface area contributed by atoms with E-state index in [-0.39, 0.29) is 11.6 Å². The number of carboxylic acids is 1. The van der Waals surface area contributed by atoms with Crippen molar-refractivity contribution >= 4 is 17.6 Å². The van der Waals surface area contributed by atoms with Crippen LogP contribution in [-0.4, -0.2) is 40.0 Å². The monoisotopic (exact) mass is 354 g/mol. The quantitative estimate of drug-likeness (QED) is 0.871. The molecule has 0 aliphatic carbocycles. The van der Waals surface area contributed by atoms with E-state index >= 15 is 0 Å². The molecule has 7 heteroatoms. The molecular weight excluding hydrogens is 332 g/mol. The highest BCUT2D eigenvalue weighted by Gasteiger charge is 2.25. The summed E-state index contributed by atoms with van der Waals surface area (Å²) in [7, 11) is 0. The number of rotatable bonds is 4. The first kappa shape index (κ1) is 17.8. The molecule has 3 rings (SSSR count). The van der Waals surface area contributed by atoms with Crippen molar-refractivity contribution in [2.75, 3.05) is 18.0 Å². The summed E-state index contributed by atoms with van der Waals surface area (Å²) in [4.78, 5) is 33.6. The summed E-state index contributed by atoms with van der Waals surface area (Å²) in [5.41, 5.74) is 9.24. The number of anilines is 1. The fourth-order valence-electron chi connectivity index (χ4n) is 3.38. The Hall–Kier alpha value is -2.96. The number of carbonyl (C=O) groups is 2. The van der Waals surface area contributed by atoms with Crippen LogP contribution in [0.5, 0.6) is 0 Å². The van der Waals surface area contributed by atoms with Crippen LogP contribution < -0.4 is 10.6 Å². The first-order valence-electron chi connectivity index (χ1n) is 8.60. The third kappa shape index (κ3) is 3.51. The van der Waals surface area contributed by atoms with Crippen LogP contribution in [0.15, 0.2) is 24.3 Å². The summed E-state index contributed by atoms with van der Waals surface area (Å²) >= 11 is 0. The largest absolute Gasteiger partial charge is 0.481 e. The molecule has 1 aromatic heterocycles. The molecule has 1 aromatic carbocycles. The van der Waals surface area contributed by atoms with Crippen molar-refractivity contribution in [2.24, 2.45) is 11.7 Å². The number of carbonyl (C=O) groups excluding carboxylic acids is 1. The maximum Gasteiger partial charge on any atom is 0.308 e. The molecule has 1 aliphatic heterocycles. The molecule has 0 bridgehead atoms. The van der Waals surface area contributed by atoms with Crippen LogP contribution in [0.2, 0.25) is 0 Å². The van der Waals surface area contributed by atoms with E-state index in [0.717, 1.165) is 36.3 Å². The minimum Gasteiger partial charge on any atom is -0.481 e. The van der Waals surface area contributed by atoms with E-state index in [1.807, 2.05) is 31.2 Å². The average molecular weight is 354 g/mol. The lowest BCUT2D eigenvalue weighted by molar-refractivity contribution is -0.141. The normalized spacial score (nSPS) is 17.2. The van der Waals surface area contributed by atoms with Crippen molar-refractivity contribution in [1.29, 1.82) is 0 Å². The number of primary amides is 1. The Labute approximate surface area is 151 Å². The molecule has 136 valence electrons. The molecule has 1 amide bonds. The van der Waals surface area contributed by atoms with Crippen molar-refractivity contribution in [3.05, 3.63) is 41.3 Å². The molecule has 2 aromatic rings. The Balaban J connectivity index is 1.87. The molecule has 1 atom stereocenters. The second-order valence-electron chi connectivity index (χ2n) is 6.63. The number of amides is 1. The summed E-state index contributed by atoms with van der Waals surface area (Å²) in [5.74, 6) is -1.66. The van der Waals surface area contributed by atoms with Gasteiger partial charge in [0.15, 0.2) is 0 Å². The van der Waals surface area contributed by atoms with Crippen molar-refractivity contribution in [3.8, 4) is 11.3 Å². The van der Waals surface area contributed by atoms with E-state index in [1.54, 1.807) is 6.92 Å². The number of hydrogen-bond donors (Lipinski definition) is 2. The maximum atomic E-state index is 11.5. The predicted octanol–water partition coefficient (Wildman–Crippen LogP) is 2.16. The number of hydrogen-bond acceptors (Lipinski definition) is 5. The summed E-state index contributed by atoms with van der Waals surface area (Å²) in [6, 6.07) is 7.72. The van der Waals surface area contributed by atoms with Gasteiger partial charge in [-0.1, -0.05) is 12.1 Å². The SMILES string of the molecule is Cc1nc(C)c(-c2ccc(N3CCC[C@H](C(=O)O)C3)cc2)nc1C(N)=O. The van der Waals surface area contributed by atoms with Gasteiger partial charge in [-0.2, -0.15) is 0 Å². The zero-order valence-electron chi connectivity index (χ0n) is 14.9. The molecule has 2 heterocycles. The van der Waals surface area contributed by atoms with Gasteiger partial charge in [0.05, 0.1) is 23.0 Å². The number of nitrogens with zero attached hydrogens (tertiary/aromatic N) is 3. The molecule has 1 aliphatic rings. The molecule has 0 saturated carbocycles. The fourth-order valence-corrected chi connectivity index (χ4v) is 3.38. The van der Waals surface area contributed by atoms with Gasteiger partial charge < -0.3 is 15.7 Å². The first-order valence-corrected chi connectivity index (χ1v) is 8.60. The van der Waals surface area contributed by atoms with E-state index in [4.69, 9.17) is 5.73 Å². The van der Waals surface area contributed by atoms with Crippen molar-refractivity contribution in [2.45, 2.75) is 26.7 Å². The second kappa shape index (κ2) is 7.11. The van der Waals surface area contributed by atoms with Gasteiger partial charge in [0.1, 0.15) is 5.69 Å². The van der Waals surface area contributed by atoms with Gasteiger partial charge in [-0.05, 0) is 38.8 Å². The number of nitrogens with two attached hydrogens (primary N) is 1. The van der Waals surface area contributed by atoms with Gasteiger partial charge in [0, 0.05) is 24.3 Å². The zero-order valence-corrected chi connectivity index (χ0v) is 14.9. The van der Waals surface area contributed by atoms with Gasteiger partial charge in [0.25, 0.3) is 5.91 Å². The lowest BCUT2D eigenvalue weighted by Crippen LogP contribution is -2.38. The van der Waals surface area contributed by atoms with Gasteiger partial charge in [0.2, 0.25) is 0 Å². The van der Waals surface area contributed by atoms with Crippen LogP contribution in [0, 0.1) is 19.8 Å². The Bertz CT molecular complexity index is 849. The van der Waals surface area contributed by atoms with E-state index in [0.29, 0.717) is 17.9 Å². The topological polar surface area (TPSA) is 109 Å². The van der Waals surface area contributed by atoms with Gasteiger partial charge in [-0.3, -0.25) is 14.6 Å².